The normalized spacial score (nSPS) is 11.3. The van der Waals surface area contributed by atoms with Crippen molar-refractivity contribution in [3.63, 3.8) is 0 Å². The highest BCUT2D eigenvalue weighted by Crippen LogP contribution is 2.31. The molecule has 0 atom stereocenters. The number of halogens is 3. The van der Waals surface area contributed by atoms with Gasteiger partial charge in [-0.05, 0) is 23.8 Å². The van der Waals surface area contributed by atoms with E-state index in [1.165, 1.54) is 24.4 Å². The molecule has 0 aliphatic rings. The lowest BCUT2D eigenvalue weighted by atomic mass is 10.0. The molecule has 0 aliphatic heterocycles. The molecule has 1 aromatic heterocycles. The van der Waals surface area contributed by atoms with Gasteiger partial charge < -0.3 is 11.5 Å². The summed E-state index contributed by atoms with van der Waals surface area (Å²) >= 11 is 0. The second-order valence-corrected chi connectivity index (χ2v) is 4.10. The molecule has 0 fully saturated rings. The Morgan fingerprint density at radius 1 is 1.10 bits per heavy atom. The van der Waals surface area contributed by atoms with Crippen LogP contribution < -0.4 is 11.5 Å². The highest BCUT2D eigenvalue weighted by atomic mass is 19.4. The molecule has 0 aliphatic carbocycles. The summed E-state index contributed by atoms with van der Waals surface area (Å²) in [5, 5.41) is 0. The number of nitrogen functional groups attached to an aromatic ring is 1. The van der Waals surface area contributed by atoms with Crippen LogP contribution in [0.15, 0.2) is 36.5 Å². The molecule has 20 heavy (non-hydrogen) atoms. The summed E-state index contributed by atoms with van der Waals surface area (Å²) in [6, 6.07) is 5.89. The molecular weight excluding hydrogens is 271 g/mol. The third-order valence-electron chi connectivity index (χ3n) is 2.73. The summed E-state index contributed by atoms with van der Waals surface area (Å²) < 4.78 is 37.4. The van der Waals surface area contributed by atoms with E-state index in [9.17, 15) is 18.0 Å². The van der Waals surface area contributed by atoms with Crippen LogP contribution in [0.4, 0.5) is 19.0 Å². The number of nitrogens with two attached hydrogens (primary N) is 2. The fourth-order valence-electron chi connectivity index (χ4n) is 1.68. The highest BCUT2D eigenvalue weighted by molar-refractivity contribution is 5.98. The van der Waals surface area contributed by atoms with Gasteiger partial charge in [0, 0.05) is 11.8 Å². The molecule has 104 valence electrons. The lowest BCUT2D eigenvalue weighted by molar-refractivity contribution is -0.137. The monoisotopic (exact) mass is 281 g/mol. The predicted molar refractivity (Wildman–Crippen MR) is 67.6 cm³/mol. The summed E-state index contributed by atoms with van der Waals surface area (Å²) in [5.74, 6) is -0.767. The Labute approximate surface area is 112 Å². The first kappa shape index (κ1) is 13.9. The van der Waals surface area contributed by atoms with Crippen molar-refractivity contribution in [2.24, 2.45) is 5.73 Å². The average Bonchev–Trinajstić information content (AvgIpc) is 2.38. The quantitative estimate of drug-likeness (QED) is 0.887. The maximum absolute atomic E-state index is 12.5. The van der Waals surface area contributed by atoms with Crippen LogP contribution in [0, 0.1) is 0 Å². The van der Waals surface area contributed by atoms with Gasteiger partial charge in [-0.2, -0.15) is 13.2 Å². The highest BCUT2D eigenvalue weighted by Gasteiger charge is 2.29. The van der Waals surface area contributed by atoms with Gasteiger partial charge in [-0.25, -0.2) is 4.98 Å². The molecule has 0 unspecified atom stereocenters. The van der Waals surface area contributed by atoms with Gasteiger partial charge in [-0.15, -0.1) is 0 Å². The summed E-state index contributed by atoms with van der Waals surface area (Å²) in [7, 11) is 0. The first-order valence-electron chi connectivity index (χ1n) is 5.52. The van der Waals surface area contributed by atoms with E-state index >= 15 is 0 Å². The molecule has 0 spiro atoms. The largest absolute Gasteiger partial charge is 0.416 e. The van der Waals surface area contributed by atoms with Crippen LogP contribution in [0.3, 0.4) is 0 Å². The number of pyridine rings is 1. The molecule has 0 saturated heterocycles. The molecule has 1 aromatic carbocycles. The van der Waals surface area contributed by atoms with Gasteiger partial charge in [0.1, 0.15) is 5.82 Å². The first-order valence-corrected chi connectivity index (χ1v) is 5.52. The maximum Gasteiger partial charge on any atom is 0.416 e. The molecule has 2 rings (SSSR count). The molecule has 4 N–H and O–H groups in total. The number of anilines is 1. The van der Waals surface area contributed by atoms with E-state index in [-0.39, 0.29) is 11.4 Å². The molecular formula is C13H10F3N3O. The van der Waals surface area contributed by atoms with Gasteiger partial charge >= 0.3 is 6.18 Å². The lowest BCUT2D eigenvalue weighted by Gasteiger charge is -2.08. The molecule has 4 nitrogen and oxygen atoms in total. The predicted octanol–water partition coefficient (Wildman–Crippen LogP) is 2.45. The number of amides is 1. The van der Waals surface area contributed by atoms with Crippen molar-refractivity contribution < 1.29 is 18.0 Å². The van der Waals surface area contributed by atoms with E-state index in [1.807, 2.05) is 0 Å². The lowest BCUT2D eigenvalue weighted by Crippen LogP contribution is -2.14. The standard InChI is InChI=1S/C13H10F3N3O/c14-13(15,16)9-3-1-7(2-4-9)8-5-10(12(18)20)11(17)19-6-8/h1-6H,(H2,17,19)(H2,18,20). The molecule has 0 bridgehead atoms. The zero-order valence-electron chi connectivity index (χ0n) is 10.1. The molecule has 1 heterocycles. The smallest absolute Gasteiger partial charge is 0.383 e. The van der Waals surface area contributed by atoms with Gasteiger partial charge in [-0.3, -0.25) is 4.79 Å². The summed E-state index contributed by atoms with van der Waals surface area (Å²) in [6.07, 6.45) is -3.03. The van der Waals surface area contributed by atoms with Gasteiger partial charge in [0.25, 0.3) is 5.91 Å². The summed E-state index contributed by atoms with van der Waals surface area (Å²) in [6.45, 7) is 0. The molecule has 7 heteroatoms. The Balaban J connectivity index is 2.42. The Morgan fingerprint density at radius 2 is 1.70 bits per heavy atom. The van der Waals surface area contributed by atoms with E-state index in [0.29, 0.717) is 11.1 Å². The van der Waals surface area contributed by atoms with E-state index in [0.717, 1.165) is 12.1 Å². The minimum atomic E-state index is -4.39. The maximum atomic E-state index is 12.5. The van der Waals surface area contributed by atoms with Crippen molar-refractivity contribution in [2.75, 3.05) is 5.73 Å². The van der Waals surface area contributed by atoms with Crippen LogP contribution in [-0.2, 0) is 6.18 Å². The number of alkyl halides is 3. The minimum Gasteiger partial charge on any atom is -0.383 e. The Bertz CT molecular complexity index is 651. The van der Waals surface area contributed by atoms with E-state index in [2.05, 4.69) is 4.98 Å². The van der Waals surface area contributed by atoms with Crippen molar-refractivity contribution >= 4 is 11.7 Å². The number of rotatable bonds is 2. The zero-order chi connectivity index (χ0) is 14.9. The van der Waals surface area contributed by atoms with Crippen LogP contribution in [0.5, 0.6) is 0 Å². The van der Waals surface area contributed by atoms with Crippen LogP contribution in [0.1, 0.15) is 15.9 Å². The summed E-state index contributed by atoms with van der Waals surface area (Å²) in [4.78, 5) is 14.9. The number of nitrogens with zero attached hydrogens (tertiary/aromatic N) is 1. The van der Waals surface area contributed by atoms with Crippen LogP contribution in [0.2, 0.25) is 0 Å². The minimum absolute atomic E-state index is 0.0202. The second-order valence-electron chi connectivity index (χ2n) is 4.10. The van der Waals surface area contributed by atoms with Crippen molar-refractivity contribution in [2.45, 2.75) is 6.18 Å². The zero-order valence-corrected chi connectivity index (χ0v) is 10.1. The molecule has 2 aromatic rings. The number of carbonyl (C=O) groups excluding carboxylic acids is 1. The van der Waals surface area contributed by atoms with Crippen LogP contribution >= 0.6 is 0 Å². The average molecular weight is 281 g/mol. The molecule has 0 radical (unpaired) electrons. The van der Waals surface area contributed by atoms with E-state index in [4.69, 9.17) is 11.5 Å². The second kappa shape index (κ2) is 4.84. The Morgan fingerprint density at radius 3 is 2.20 bits per heavy atom. The van der Waals surface area contributed by atoms with Crippen LogP contribution in [0.25, 0.3) is 11.1 Å². The van der Waals surface area contributed by atoms with Gasteiger partial charge in [-0.1, -0.05) is 12.1 Å². The third kappa shape index (κ3) is 2.71. The SMILES string of the molecule is NC(=O)c1cc(-c2ccc(C(F)(F)F)cc2)cnc1N. The number of benzene rings is 1. The Hall–Kier alpha value is -2.57. The van der Waals surface area contributed by atoms with Crippen molar-refractivity contribution in [1.29, 1.82) is 0 Å². The van der Waals surface area contributed by atoms with Gasteiger partial charge in [0.05, 0.1) is 11.1 Å². The molecule has 0 saturated carbocycles. The number of hydrogen-bond donors (Lipinski definition) is 2. The van der Waals surface area contributed by atoms with Crippen LogP contribution in [-0.4, -0.2) is 10.9 Å². The van der Waals surface area contributed by atoms with Crippen molar-refractivity contribution in [3.05, 3.63) is 47.7 Å². The van der Waals surface area contributed by atoms with Gasteiger partial charge in [0.15, 0.2) is 0 Å². The number of carbonyl (C=O) groups is 1. The fraction of sp³-hybridized carbons (Fsp3) is 0.0769. The third-order valence-corrected chi connectivity index (χ3v) is 2.73. The Kier molecular flexibility index (Phi) is 3.35. The first-order chi connectivity index (χ1) is 9.29. The van der Waals surface area contributed by atoms with E-state index in [1.54, 1.807) is 0 Å². The summed E-state index contributed by atoms with van der Waals surface area (Å²) in [5.41, 5.74) is 10.8. The van der Waals surface area contributed by atoms with Crippen molar-refractivity contribution in [1.82, 2.24) is 4.98 Å². The van der Waals surface area contributed by atoms with E-state index < -0.39 is 17.6 Å². The topological polar surface area (TPSA) is 82.0 Å². The number of hydrogen-bond acceptors (Lipinski definition) is 3. The fourth-order valence-corrected chi connectivity index (χ4v) is 1.68. The number of aromatic nitrogens is 1. The molecule has 1 amide bonds. The number of primary amides is 1. The van der Waals surface area contributed by atoms with Crippen molar-refractivity contribution in [3.8, 4) is 11.1 Å². The van der Waals surface area contributed by atoms with Gasteiger partial charge in [0.2, 0.25) is 0 Å².